The summed E-state index contributed by atoms with van der Waals surface area (Å²) in [4.78, 5) is 0. The molecule has 0 radical (unpaired) electrons. The highest BCUT2D eigenvalue weighted by Gasteiger charge is 2.14. The van der Waals surface area contributed by atoms with Crippen molar-refractivity contribution in [1.82, 2.24) is 5.32 Å². The molecule has 1 nitrogen and oxygen atoms in total. The van der Waals surface area contributed by atoms with Crippen LogP contribution in [-0.4, -0.2) is 6.54 Å². The van der Waals surface area contributed by atoms with Gasteiger partial charge in [0.05, 0.1) is 0 Å². The summed E-state index contributed by atoms with van der Waals surface area (Å²) in [5, 5.41) is 7.26. The first-order chi connectivity index (χ1) is 8.40. The van der Waals surface area contributed by atoms with E-state index in [-0.39, 0.29) is 0 Å². The molecule has 0 amide bonds. The number of hydrogen-bond acceptors (Lipinski definition) is 2. The van der Waals surface area contributed by atoms with Gasteiger partial charge >= 0.3 is 0 Å². The Morgan fingerprint density at radius 1 is 1.41 bits per heavy atom. The number of rotatable bonds is 2. The molecule has 88 valence electrons. The molecule has 0 atom stereocenters. The fraction of sp³-hybridized carbons (Fsp3) is 0.286. The van der Waals surface area contributed by atoms with Crippen LogP contribution in [0.2, 0.25) is 0 Å². The minimum absolute atomic E-state index is 0.935. The summed E-state index contributed by atoms with van der Waals surface area (Å²) < 4.78 is 1.41. The Bertz CT molecular complexity index is 571. The van der Waals surface area contributed by atoms with E-state index in [9.17, 15) is 0 Å². The third-order valence-electron chi connectivity index (χ3n) is 3.32. The van der Waals surface area contributed by atoms with Crippen molar-refractivity contribution in [2.45, 2.75) is 19.4 Å². The summed E-state index contributed by atoms with van der Waals surface area (Å²) in [5.74, 6) is 0. The normalized spacial score (nSPS) is 15.6. The Morgan fingerprint density at radius 2 is 2.35 bits per heavy atom. The van der Waals surface area contributed by atoms with Gasteiger partial charge in [-0.1, -0.05) is 23.7 Å². The van der Waals surface area contributed by atoms with E-state index in [4.69, 9.17) is 11.6 Å². The van der Waals surface area contributed by atoms with Gasteiger partial charge in [0.15, 0.2) is 0 Å². The molecule has 0 spiro atoms. The van der Waals surface area contributed by atoms with Crippen molar-refractivity contribution in [3.8, 4) is 0 Å². The number of nitrogens with one attached hydrogen (secondary N) is 1. The smallest absolute Gasteiger partial charge is 0.0349 e. The molecule has 17 heavy (non-hydrogen) atoms. The molecule has 2 heterocycles. The van der Waals surface area contributed by atoms with E-state index in [2.05, 4.69) is 22.8 Å². The first-order valence-corrected chi connectivity index (χ1v) is 7.18. The van der Waals surface area contributed by atoms with Crippen molar-refractivity contribution in [2.75, 3.05) is 6.54 Å². The molecule has 0 unspecified atom stereocenters. The van der Waals surface area contributed by atoms with Crippen LogP contribution in [0.1, 0.15) is 16.7 Å². The van der Waals surface area contributed by atoms with Crippen LogP contribution < -0.4 is 5.32 Å². The SMILES string of the molecule is ClC=CCc1ccc2scc3c2c1CCNC3. The molecule has 3 heteroatoms. The van der Waals surface area contributed by atoms with E-state index in [0.29, 0.717) is 0 Å². The first kappa shape index (κ1) is 11.3. The molecule has 1 aliphatic rings. The molecule has 1 aliphatic heterocycles. The van der Waals surface area contributed by atoms with Gasteiger partial charge in [-0.25, -0.2) is 0 Å². The minimum atomic E-state index is 0.935. The molecule has 2 aromatic rings. The zero-order chi connectivity index (χ0) is 11.7. The highest BCUT2D eigenvalue weighted by atomic mass is 35.5. The van der Waals surface area contributed by atoms with Gasteiger partial charge in [-0.3, -0.25) is 0 Å². The summed E-state index contributed by atoms with van der Waals surface area (Å²) in [7, 11) is 0. The lowest BCUT2D eigenvalue weighted by molar-refractivity contribution is 0.702. The number of thiophene rings is 1. The molecule has 1 N–H and O–H groups in total. The van der Waals surface area contributed by atoms with Gasteiger partial charge < -0.3 is 5.32 Å². The maximum atomic E-state index is 5.63. The molecule has 3 rings (SSSR count). The fourth-order valence-electron chi connectivity index (χ4n) is 2.53. The summed E-state index contributed by atoms with van der Waals surface area (Å²) >= 11 is 7.48. The van der Waals surface area contributed by atoms with Crippen molar-refractivity contribution >= 4 is 33.0 Å². The van der Waals surface area contributed by atoms with Crippen molar-refractivity contribution in [2.24, 2.45) is 0 Å². The van der Waals surface area contributed by atoms with E-state index in [1.54, 1.807) is 5.54 Å². The average molecular weight is 264 g/mol. The van der Waals surface area contributed by atoms with Crippen molar-refractivity contribution < 1.29 is 0 Å². The summed E-state index contributed by atoms with van der Waals surface area (Å²) in [6.07, 6.45) is 4.07. The number of hydrogen-bond donors (Lipinski definition) is 1. The van der Waals surface area contributed by atoms with Crippen molar-refractivity contribution in [3.05, 3.63) is 45.8 Å². The zero-order valence-corrected chi connectivity index (χ0v) is 11.1. The maximum absolute atomic E-state index is 5.63. The average Bonchev–Trinajstić information content (AvgIpc) is 2.63. The van der Waals surface area contributed by atoms with E-state index < -0.39 is 0 Å². The summed E-state index contributed by atoms with van der Waals surface area (Å²) in [6, 6.07) is 4.50. The van der Waals surface area contributed by atoms with E-state index >= 15 is 0 Å². The third-order valence-corrected chi connectivity index (χ3v) is 4.49. The van der Waals surface area contributed by atoms with Gasteiger partial charge in [0.25, 0.3) is 0 Å². The predicted molar refractivity (Wildman–Crippen MR) is 75.9 cm³/mol. The lowest BCUT2D eigenvalue weighted by Gasteiger charge is -2.08. The second kappa shape index (κ2) is 4.81. The highest BCUT2D eigenvalue weighted by molar-refractivity contribution is 7.17. The van der Waals surface area contributed by atoms with Crippen LogP contribution in [0, 0.1) is 0 Å². The first-order valence-electron chi connectivity index (χ1n) is 5.87. The van der Waals surface area contributed by atoms with Gasteiger partial charge in [-0.2, -0.15) is 0 Å². The lowest BCUT2D eigenvalue weighted by Crippen LogP contribution is -2.13. The van der Waals surface area contributed by atoms with Gasteiger partial charge in [0.1, 0.15) is 0 Å². The van der Waals surface area contributed by atoms with Crippen LogP contribution in [0.3, 0.4) is 0 Å². The molecule has 0 aliphatic carbocycles. The van der Waals surface area contributed by atoms with Crippen molar-refractivity contribution in [1.29, 1.82) is 0 Å². The van der Waals surface area contributed by atoms with Gasteiger partial charge in [0.2, 0.25) is 0 Å². The van der Waals surface area contributed by atoms with Crippen LogP contribution in [0.15, 0.2) is 29.1 Å². The second-order valence-electron chi connectivity index (χ2n) is 4.33. The van der Waals surface area contributed by atoms with Crippen LogP contribution >= 0.6 is 22.9 Å². The maximum Gasteiger partial charge on any atom is 0.0349 e. The molecule has 0 bridgehead atoms. The van der Waals surface area contributed by atoms with Gasteiger partial charge in [-0.15, -0.1) is 11.3 Å². The molecule has 1 aromatic carbocycles. The van der Waals surface area contributed by atoms with E-state index in [1.807, 2.05) is 17.4 Å². The third kappa shape index (κ3) is 2.01. The fourth-order valence-corrected chi connectivity index (χ4v) is 3.61. The van der Waals surface area contributed by atoms with E-state index in [0.717, 1.165) is 25.9 Å². The topological polar surface area (TPSA) is 12.0 Å². The molecule has 0 saturated carbocycles. The van der Waals surface area contributed by atoms with Crippen LogP contribution in [-0.2, 0) is 19.4 Å². The quantitative estimate of drug-likeness (QED) is 0.868. The molecule has 0 fully saturated rings. The predicted octanol–water partition coefficient (Wildman–Crippen LogP) is 3.84. The Morgan fingerprint density at radius 3 is 3.24 bits per heavy atom. The van der Waals surface area contributed by atoms with Crippen molar-refractivity contribution in [3.63, 3.8) is 0 Å². The number of benzene rings is 1. The van der Waals surface area contributed by atoms with Gasteiger partial charge in [-0.05, 0) is 47.5 Å². The Kier molecular flexibility index (Phi) is 3.19. The lowest BCUT2D eigenvalue weighted by atomic mass is 9.97. The van der Waals surface area contributed by atoms with Crippen LogP contribution in [0.25, 0.3) is 10.1 Å². The Balaban J connectivity index is 2.19. The monoisotopic (exact) mass is 263 g/mol. The highest BCUT2D eigenvalue weighted by Crippen LogP contribution is 2.33. The standard InChI is InChI=1S/C14H14ClNS/c15-6-1-2-10-3-4-13-14-11(9-17-13)8-16-7-5-12(10)14/h1,3-4,6,9,16H,2,5,7-8H2. The largest absolute Gasteiger partial charge is 0.312 e. The molecular weight excluding hydrogens is 250 g/mol. The molecule has 1 aromatic heterocycles. The second-order valence-corrected chi connectivity index (χ2v) is 5.49. The van der Waals surface area contributed by atoms with Crippen LogP contribution in [0.5, 0.6) is 0 Å². The molecular formula is C14H14ClNS. The molecule has 0 saturated heterocycles. The summed E-state index contributed by atoms with van der Waals surface area (Å²) in [5.41, 5.74) is 5.99. The van der Waals surface area contributed by atoms with E-state index in [1.165, 1.54) is 26.8 Å². The zero-order valence-electron chi connectivity index (χ0n) is 9.50. The Hall–Kier alpha value is -0.830. The summed E-state index contributed by atoms with van der Waals surface area (Å²) in [6.45, 7) is 2.07. The van der Waals surface area contributed by atoms with Gasteiger partial charge in [0, 0.05) is 22.2 Å². The van der Waals surface area contributed by atoms with Crippen LogP contribution in [0.4, 0.5) is 0 Å². The number of allylic oxidation sites excluding steroid dienone is 1. The minimum Gasteiger partial charge on any atom is -0.312 e. The Labute approximate surface area is 110 Å². The number of halogens is 1.